The first kappa shape index (κ1) is 18.2. The third-order valence-electron chi connectivity index (χ3n) is 3.81. The van der Waals surface area contributed by atoms with Gasteiger partial charge in [-0.25, -0.2) is 0 Å². The summed E-state index contributed by atoms with van der Waals surface area (Å²) in [5.41, 5.74) is 0.932. The molecule has 0 radical (unpaired) electrons. The molecule has 0 aromatic heterocycles. The standard InChI is InChI=1S/C19H19N3O5/c23-17(11-22-18(24)13-4-2-1-3-5-13)20-8-9-21-19(25)14-6-7-15-16(10-14)27-12-26-15/h1-7,10H,8-9,11-12H2,(H,20,23)(H,21,25)(H,22,24). The lowest BCUT2D eigenvalue weighted by molar-refractivity contribution is -0.120. The van der Waals surface area contributed by atoms with Crippen LogP contribution < -0.4 is 25.4 Å². The lowest BCUT2D eigenvalue weighted by Gasteiger charge is -2.08. The van der Waals surface area contributed by atoms with Gasteiger partial charge in [-0.05, 0) is 30.3 Å². The van der Waals surface area contributed by atoms with Crippen molar-refractivity contribution >= 4 is 17.7 Å². The number of fused-ring (bicyclic) bond motifs is 1. The number of rotatable bonds is 7. The van der Waals surface area contributed by atoms with Crippen molar-refractivity contribution in [1.82, 2.24) is 16.0 Å². The van der Waals surface area contributed by atoms with E-state index in [1.165, 1.54) is 0 Å². The van der Waals surface area contributed by atoms with Gasteiger partial charge < -0.3 is 25.4 Å². The van der Waals surface area contributed by atoms with Crippen LogP contribution in [-0.4, -0.2) is 44.1 Å². The fourth-order valence-electron chi connectivity index (χ4n) is 2.43. The highest BCUT2D eigenvalue weighted by atomic mass is 16.7. The minimum atomic E-state index is -0.336. The highest BCUT2D eigenvalue weighted by Gasteiger charge is 2.16. The van der Waals surface area contributed by atoms with Crippen molar-refractivity contribution in [1.29, 1.82) is 0 Å². The van der Waals surface area contributed by atoms with Crippen molar-refractivity contribution in [2.75, 3.05) is 26.4 Å². The Labute approximate surface area is 155 Å². The smallest absolute Gasteiger partial charge is 0.251 e. The van der Waals surface area contributed by atoms with E-state index in [4.69, 9.17) is 9.47 Å². The monoisotopic (exact) mass is 369 g/mol. The molecular weight excluding hydrogens is 350 g/mol. The van der Waals surface area contributed by atoms with Crippen molar-refractivity contribution < 1.29 is 23.9 Å². The van der Waals surface area contributed by atoms with Crippen molar-refractivity contribution in [2.24, 2.45) is 0 Å². The quantitative estimate of drug-likeness (QED) is 0.623. The maximum atomic E-state index is 12.1. The number of carbonyl (C=O) groups excluding carboxylic acids is 3. The van der Waals surface area contributed by atoms with E-state index in [0.717, 1.165) is 0 Å². The predicted molar refractivity (Wildman–Crippen MR) is 96.7 cm³/mol. The minimum Gasteiger partial charge on any atom is -0.454 e. The molecule has 0 saturated heterocycles. The second kappa shape index (κ2) is 8.70. The van der Waals surface area contributed by atoms with Gasteiger partial charge in [-0.1, -0.05) is 18.2 Å². The average molecular weight is 369 g/mol. The minimum absolute atomic E-state index is 0.135. The zero-order chi connectivity index (χ0) is 19.1. The van der Waals surface area contributed by atoms with Gasteiger partial charge in [-0.2, -0.15) is 0 Å². The van der Waals surface area contributed by atoms with Gasteiger partial charge in [-0.15, -0.1) is 0 Å². The Balaban J connectivity index is 1.34. The topological polar surface area (TPSA) is 106 Å². The van der Waals surface area contributed by atoms with Crippen molar-refractivity contribution in [3.8, 4) is 11.5 Å². The molecule has 0 fully saturated rings. The van der Waals surface area contributed by atoms with Crippen LogP contribution >= 0.6 is 0 Å². The molecule has 0 spiro atoms. The van der Waals surface area contributed by atoms with Crippen LogP contribution in [0.5, 0.6) is 11.5 Å². The van der Waals surface area contributed by atoms with Crippen molar-refractivity contribution in [2.45, 2.75) is 0 Å². The lowest BCUT2D eigenvalue weighted by atomic mass is 10.2. The summed E-state index contributed by atoms with van der Waals surface area (Å²) in [4.78, 5) is 35.7. The summed E-state index contributed by atoms with van der Waals surface area (Å²) in [5, 5.41) is 7.86. The Hall–Kier alpha value is -3.55. The summed E-state index contributed by atoms with van der Waals surface area (Å²) in [6.45, 7) is 0.513. The molecule has 1 aliphatic rings. The maximum Gasteiger partial charge on any atom is 0.251 e. The highest BCUT2D eigenvalue weighted by molar-refractivity contribution is 5.96. The van der Waals surface area contributed by atoms with E-state index in [1.54, 1.807) is 48.5 Å². The van der Waals surface area contributed by atoms with Crippen molar-refractivity contribution in [3.05, 3.63) is 59.7 Å². The van der Waals surface area contributed by atoms with E-state index in [0.29, 0.717) is 22.6 Å². The van der Waals surface area contributed by atoms with Gasteiger partial charge in [-0.3, -0.25) is 14.4 Å². The van der Waals surface area contributed by atoms with Crippen LogP contribution in [0.1, 0.15) is 20.7 Å². The summed E-state index contributed by atoms with van der Waals surface area (Å²) in [5.74, 6) is 0.208. The molecule has 3 amide bonds. The van der Waals surface area contributed by atoms with E-state index < -0.39 is 0 Å². The third-order valence-corrected chi connectivity index (χ3v) is 3.81. The largest absolute Gasteiger partial charge is 0.454 e. The van der Waals surface area contributed by atoms with Gasteiger partial charge in [0.15, 0.2) is 11.5 Å². The van der Waals surface area contributed by atoms with E-state index in [-0.39, 0.29) is 44.1 Å². The van der Waals surface area contributed by atoms with E-state index in [1.807, 2.05) is 0 Å². The van der Waals surface area contributed by atoms with Crippen LogP contribution in [0, 0.1) is 0 Å². The van der Waals surface area contributed by atoms with E-state index in [2.05, 4.69) is 16.0 Å². The Kier molecular flexibility index (Phi) is 5.88. The number of benzene rings is 2. The molecule has 2 aromatic rings. The molecule has 3 rings (SSSR count). The van der Waals surface area contributed by atoms with Gasteiger partial charge in [0.25, 0.3) is 11.8 Å². The molecule has 1 aliphatic heterocycles. The number of hydrogen-bond acceptors (Lipinski definition) is 5. The molecular formula is C19H19N3O5. The highest BCUT2D eigenvalue weighted by Crippen LogP contribution is 2.32. The molecule has 0 atom stereocenters. The summed E-state index contributed by atoms with van der Waals surface area (Å²) < 4.78 is 10.4. The summed E-state index contributed by atoms with van der Waals surface area (Å²) in [6, 6.07) is 13.6. The summed E-state index contributed by atoms with van der Waals surface area (Å²) in [6.07, 6.45) is 0. The lowest BCUT2D eigenvalue weighted by Crippen LogP contribution is -2.40. The number of ether oxygens (including phenoxy) is 2. The fourth-order valence-corrected chi connectivity index (χ4v) is 2.43. The first-order valence-electron chi connectivity index (χ1n) is 8.41. The molecule has 0 unspecified atom stereocenters. The first-order valence-corrected chi connectivity index (χ1v) is 8.41. The first-order chi connectivity index (χ1) is 13.1. The molecule has 140 valence electrons. The van der Waals surface area contributed by atoms with Crippen LogP contribution in [0.4, 0.5) is 0 Å². The molecule has 8 heteroatoms. The molecule has 27 heavy (non-hydrogen) atoms. The van der Waals surface area contributed by atoms with Gasteiger partial charge in [0, 0.05) is 24.2 Å². The van der Waals surface area contributed by atoms with Gasteiger partial charge in [0.2, 0.25) is 12.7 Å². The molecule has 0 aliphatic carbocycles. The van der Waals surface area contributed by atoms with Crippen LogP contribution in [0.2, 0.25) is 0 Å². The molecule has 3 N–H and O–H groups in total. The van der Waals surface area contributed by atoms with Crippen LogP contribution in [-0.2, 0) is 4.79 Å². The molecule has 0 bridgehead atoms. The Morgan fingerprint density at radius 3 is 2.30 bits per heavy atom. The molecule has 0 saturated carbocycles. The van der Waals surface area contributed by atoms with E-state index >= 15 is 0 Å². The zero-order valence-electron chi connectivity index (χ0n) is 14.5. The predicted octanol–water partition coefficient (Wildman–Crippen LogP) is 0.691. The number of carbonyl (C=O) groups is 3. The second-order valence-corrected chi connectivity index (χ2v) is 5.72. The Bertz CT molecular complexity index is 838. The van der Waals surface area contributed by atoms with Crippen LogP contribution in [0.3, 0.4) is 0 Å². The van der Waals surface area contributed by atoms with E-state index in [9.17, 15) is 14.4 Å². The Morgan fingerprint density at radius 2 is 1.48 bits per heavy atom. The fraction of sp³-hybridized carbons (Fsp3) is 0.211. The van der Waals surface area contributed by atoms with Gasteiger partial charge in [0.05, 0.1) is 6.54 Å². The average Bonchev–Trinajstić information content (AvgIpc) is 3.17. The van der Waals surface area contributed by atoms with Gasteiger partial charge >= 0.3 is 0 Å². The normalized spacial score (nSPS) is 11.6. The van der Waals surface area contributed by atoms with Crippen LogP contribution in [0.15, 0.2) is 48.5 Å². The van der Waals surface area contributed by atoms with Crippen LogP contribution in [0.25, 0.3) is 0 Å². The molecule has 2 aromatic carbocycles. The number of amides is 3. The maximum absolute atomic E-state index is 12.1. The summed E-state index contributed by atoms with van der Waals surface area (Å²) >= 11 is 0. The Morgan fingerprint density at radius 1 is 0.778 bits per heavy atom. The number of nitrogens with one attached hydrogen (secondary N) is 3. The molecule has 8 nitrogen and oxygen atoms in total. The number of hydrogen-bond donors (Lipinski definition) is 3. The summed E-state index contributed by atoms with van der Waals surface area (Å²) in [7, 11) is 0. The van der Waals surface area contributed by atoms with Crippen molar-refractivity contribution in [3.63, 3.8) is 0 Å². The molecule has 1 heterocycles. The third kappa shape index (κ3) is 4.97. The second-order valence-electron chi connectivity index (χ2n) is 5.72. The van der Waals surface area contributed by atoms with Gasteiger partial charge in [0.1, 0.15) is 0 Å². The zero-order valence-corrected chi connectivity index (χ0v) is 14.5. The SMILES string of the molecule is O=C(CNC(=O)c1ccccc1)NCCNC(=O)c1ccc2c(c1)OCO2.